The smallest absolute Gasteiger partial charge is 0.255 e. The maximum absolute atomic E-state index is 12.9. The summed E-state index contributed by atoms with van der Waals surface area (Å²) in [5, 5.41) is 8.45. The Bertz CT molecular complexity index is 1090. The Balaban J connectivity index is 1.56. The van der Waals surface area contributed by atoms with Gasteiger partial charge in [0, 0.05) is 37.7 Å². The molecule has 0 unspecified atom stereocenters. The van der Waals surface area contributed by atoms with Crippen LogP contribution >= 0.6 is 0 Å². The van der Waals surface area contributed by atoms with Gasteiger partial charge in [0.2, 0.25) is 11.8 Å². The van der Waals surface area contributed by atoms with E-state index in [0.29, 0.717) is 29.9 Å². The summed E-state index contributed by atoms with van der Waals surface area (Å²) in [6.45, 7) is 4.67. The number of halogens is 2. The lowest BCUT2D eigenvalue weighted by Crippen LogP contribution is -2.58. The molecule has 10 heteroatoms. The summed E-state index contributed by atoms with van der Waals surface area (Å²) in [7, 11) is 1.82. The van der Waals surface area contributed by atoms with Crippen LogP contribution in [-0.4, -0.2) is 59.8 Å². The van der Waals surface area contributed by atoms with Crippen molar-refractivity contribution >= 4 is 11.4 Å². The van der Waals surface area contributed by atoms with Gasteiger partial charge in [-0.2, -0.15) is 10.2 Å². The van der Waals surface area contributed by atoms with Gasteiger partial charge in [-0.25, -0.2) is 18.3 Å². The maximum Gasteiger partial charge on any atom is 0.255 e. The molecule has 0 aliphatic heterocycles. The third-order valence-electron chi connectivity index (χ3n) is 5.27. The summed E-state index contributed by atoms with van der Waals surface area (Å²) < 4.78 is 35.4. The molecule has 3 heterocycles. The summed E-state index contributed by atoms with van der Waals surface area (Å²) in [4.78, 5) is 17.8. The summed E-state index contributed by atoms with van der Waals surface area (Å²) in [6, 6.07) is 1.45. The van der Waals surface area contributed by atoms with E-state index >= 15 is 0 Å². The van der Waals surface area contributed by atoms with Gasteiger partial charge >= 0.3 is 0 Å². The molecular formula is C20H22F2N6O2. The number of hydrogen-bond acceptors (Lipinski definition) is 5. The van der Waals surface area contributed by atoms with Crippen molar-refractivity contribution < 1.29 is 18.3 Å². The third kappa shape index (κ3) is 3.77. The Labute approximate surface area is 171 Å². The highest BCUT2D eigenvalue weighted by Gasteiger charge is 2.47. The average molecular weight is 416 g/mol. The van der Waals surface area contributed by atoms with Crippen LogP contribution in [0.4, 0.5) is 8.78 Å². The van der Waals surface area contributed by atoms with Crippen molar-refractivity contribution in [2.45, 2.75) is 37.8 Å². The Hall–Kier alpha value is -3.30. The molecule has 1 aliphatic carbocycles. The van der Waals surface area contributed by atoms with E-state index in [0.717, 1.165) is 16.5 Å². The predicted molar refractivity (Wildman–Crippen MR) is 105 cm³/mol. The molecule has 1 amide bonds. The Kier molecular flexibility index (Phi) is 5.00. The van der Waals surface area contributed by atoms with Crippen LogP contribution in [0.2, 0.25) is 0 Å². The van der Waals surface area contributed by atoms with Crippen molar-refractivity contribution in [3.63, 3.8) is 0 Å². The fourth-order valence-electron chi connectivity index (χ4n) is 3.82. The number of hydrogen-bond donors (Lipinski definition) is 0. The van der Waals surface area contributed by atoms with Crippen LogP contribution in [0, 0.1) is 0 Å². The summed E-state index contributed by atoms with van der Waals surface area (Å²) in [5.74, 6) is -0.109. The second kappa shape index (κ2) is 7.51. The maximum atomic E-state index is 12.9. The Morgan fingerprint density at radius 1 is 1.43 bits per heavy atom. The molecule has 1 fully saturated rings. The van der Waals surface area contributed by atoms with Crippen LogP contribution in [-0.2, 0) is 11.8 Å². The minimum absolute atomic E-state index is 0.336. The summed E-state index contributed by atoms with van der Waals surface area (Å²) in [6.07, 6.45) is 6.27. The van der Waals surface area contributed by atoms with Gasteiger partial charge in [-0.15, -0.1) is 0 Å². The number of carbonyl (C=O) groups is 1. The molecule has 1 aliphatic rings. The van der Waals surface area contributed by atoms with Gasteiger partial charge in [0.25, 0.3) is 6.43 Å². The molecule has 158 valence electrons. The lowest BCUT2D eigenvalue weighted by Gasteiger charge is -2.49. The van der Waals surface area contributed by atoms with E-state index in [1.807, 2.05) is 20.2 Å². The molecule has 4 rings (SSSR count). The van der Waals surface area contributed by atoms with Crippen molar-refractivity contribution in [2.75, 3.05) is 6.54 Å². The molecule has 3 aromatic rings. The summed E-state index contributed by atoms with van der Waals surface area (Å²) >= 11 is 0. The zero-order valence-corrected chi connectivity index (χ0v) is 16.7. The Morgan fingerprint density at radius 3 is 2.83 bits per heavy atom. The number of carbonyl (C=O) groups excluding carboxylic acids is 1. The van der Waals surface area contributed by atoms with Crippen LogP contribution < -0.4 is 4.74 Å². The first-order chi connectivity index (χ1) is 14.3. The number of aryl methyl sites for hydroxylation is 1. The van der Waals surface area contributed by atoms with Gasteiger partial charge in [0.1, 0.15) is 11.1 Å². The molecule has 0 aromatic carbocycles. The van der Waals surface area contributed by atoms with Crippen LogP contribution in [0.3, 0.4) is 0 Å². The monoisotopic (exact) mass is 416 g/mol. The van der Waals surface area contributed by atoms with Gasteiger partial charge in [-0.1, -0.05) is 6.58 Å². The van der Waals surface area contributed by atoms with Crippen molar-refractivity contribution in [1.82, 2.24) is 29.3 Å². The standard InChI is InChI=1S/C20H22F2N6O2/c1-4-18(29)27(12-17(21)22)14-7-20(2,8-14)30-19-16-5-6-23-28(16)11-15(25-19)13-9-24-26(3)10-13/h4-6,9-11,14,17H,1,7-8,12H2,2-3H3. The molecule has 0 spiro atoms. The number of fused-ring (bicyclic) bond motifs is 1. The van der Waals surface area contributed by atoms with Gasteiger partial charge in [-0.3, -0.25) is 9.48 Å². The number of rotatable bonds is 7. The first-order valence-electron chi connectivity index (χ1n) is 9.51. The van der Waals surface area contributed by atoms with E-state index in [9.17, 15) is 13.6 Å². The minimum atomic E-state index is -2.61. The quantitative estimate of drug-likeness (QED) is 0.554. The lowest BCUT2D eigenvalue weighted by atomic mass is 9.76. The number of amides is 1. The fourth-order valence-corrected chi connectivity index (χ4v) is 3.82. The zero-order chi connectivity index (χ0) is 21.5. The second-order valence-electron chi connectivity index (χ2n) is 7.69. The zero-order valence-electron chi connectivity index (χ0n) is 16.7. The van der Waals surface area contributed by atoms with Crippen molar-refractivity contribution in [3.05, 3.63) is 43.5 Å². The van der Waals surface area contributed by atoms with Crippen LogP contribution in [0.25, 0.3) is 16.8 Å². The molecule has 1 saturated carbocycles. The van der Waals surface area contributed by atoms with Gasteiger partial charge in [0.05, 0.1) is 30.8 Å². The molecule has 8 nitrogen and oxygen atoms in total. The van der Waals surface area contributed by atoms with Crippen molar-refractivity contribution in [1.29, 1.82) is 0 Å². The number of ether oxygens (including phenoxy) is 1. The van der Waals surface area contributed by atoms with E-state index in [1.54, 1.807) is 33.9 Å². The van der Waals surface area contributed by atoms with Gasteiger partial charge in [-0.05, 0) is 19.1 Å². The van der Waals surface area contributed by atoms with Crippen LogP contribution in [0.5, 0.6) is 5.88 Å². The van der Waals surface area contributed by atoms with Gasteiger partial charge in [0.15, 0.2) is 0 Å². The first-order valence-corrected chi connectivity index (χ1v) is 9.51. The number of nitrogens with zero attached hydrogens (tertiary/aromatic N) is 6. The number of aromatic nitrogens is 5. The molecule has 30 heavy (non-hydrogen) atoms. The fraction of sp³-hybridized carbons (Fsp3) is 0.400. The third-order valence-corrected chi connectivity index (χ3v) is 5.27. The highest BCUT2D eigenvalue weighted by atomic mass is 19.3. The summed E-state index contributed by atoms with van der Waals surface area (Å²) in [5.41, 5.74) is 1.52. The van der Waals surface area contributed by atoms with Gasteiger partial charge < -0.3 is 9.64 Å². The predicted octanol–water partition coefficient (Wildman–Crippen LogP) is 2.71. The minimum Gasteiger partial charge on any atom is -0.470 e. The molecule has 0 saturated heterocycles. The molecule has 0 radical (unpaired) electrons. The average Bonchev–Trinajstić information content (AvgIpc) is 3.32. The molecule has 0 bridgehead atoms. The largest absolute Gasteiger partial charge is 0.470 e. The SMILES string of the molecule is C=CC(=O)N(CC(F)F)C1CC(C)(Oc2nc(-c3cnn(C)c3)cn3nccc23)C1. The topological polar surface area (TPSA) is 77.6 Å². The highest BCUT2D eigenvalue weighted by molar-refractivity contribution is 5.87. The molecule has 0 atom stereocenters. The normalized spacial score (nSPS) is 20.9. The second-order valence-corrected chi connectivity index (χ2v) is 7.69. The van der Waals surface area contributed by atoms with Crippen LogP contribution in [0.15, 0.2) is 43.5 Å². The van der Waals surface area contributed by atoms with E-state index in [1.165, 1.54) is 0 Å². The molecule has 3 aromatic heterocycles. The van der Waals surface area contributed by atoms with Crippen molar-refractivity contribution in [2.24, 2.45) is 7.05 Å². The Morgan fingerprint density at radius 2 is 2.20 bits per heavy atom. The van der Waals surface area contributed by atoms with E-state index in [2.05, 4.69) is 21.8 Å². The molecule has 0 N–H and O–H groups in total. The molecular weight excluding hydrogens is 394 g/mol. The highest BCUT2D eigenvalue weighted by Crippen LogP contribution is 2.40. The van der Waals surface area contributed by atoms with Crippen molar-refractivity contribution in [3.8, 4) is 17.1 Å². The van der Waals surface area contributed by atoms with E-state index < -0.39 is 24.5 Å². The van der Waals surface area contributed by atoms with Crippen LogP contribution in [0.1, 0.15) is 19.8 Å². The van der Waals surface area contributed by atoms with E-state index in [4.69, 9.17) is 4.74 Å². The van der Waals surface area contributed by atoms with E-state index in [-0.39, 0.29) is 6.04 Å². The first kappa shape index (κ1) is 20.0. The number of alkyl halides is 2. The lowest BCUT2D eigenvalue weighted by molar-refractivity contribution is -0.139.